The summed E-state index contributed by atoms with van der Waals surface area (Å²) < 4.78 is 14.2. The summed E-state index contributed by atoms with van der Waals surface area (Å²) in [6.07, 6.45) is 2.32. The zero-order valence-electron chi connectivity index (χ0n) is 18.9. The van der Waals surface area contributed by atoms with Gasteiger partial charge in [0.1, 0.15) is 12.4 Å². The number of thioether (sulfide) groups is 1. The average molecular weight is 476 g/mol. The third kappa shape index (κ3) is 5.66. The zero-order chi connectivity index (χ0) is 23.9. The maximum Gasteiger partial charge on any atom is 0.265 e. The van der Waals surface area contributed by atoms with Gasteiger partial charge in [0, 0.05) is 36.3 Å². The highest BCUT2D eigenvalue weighted by Gasteiger charge is 2.30. The number of halogens is 1. The highest BCUT2D eigenvalue weighted by molar-refractivity contribution is 8.04. The molecule has 1 N–H and O–H groups in total. The van der Waals surface area contributed by atoms with E-state index in [1.54, 1.807) is 24.3 Å². The van der Waals surface area contributed by atoms with E-state index in [9.17, 15) is 14.0 Å². The molecule has 2 amide bonds. The van der Waals surface area contributed by atoms with Crippen LogP contribution in [0.2, 0.25) is 0 Å². The molecular formula is C27H26FN3O2S. The number of hydrogen-bond donors (Lipinski definition) is 1. The minimum Gasteiger partial charge on any atom is -0.375 e. The fraction of sp³-hybridized carbons (Fsp3) is 0.185. The molecule has 5 nitrogen and oxygen atoms in total. The number of carbonyl (C=O) groups is 2. The van der Waals surface area contributed by atoms with Crippen molar-refractivity contribution in [2.45, 2.75) is 11.3 Å². The first-order valence-electron chi connectivity index (χ1n) is 11.1. The van der Waals surface area contributed by atoms with Crippen molar-refractivity contribution < 1.29 is 14.0 Å². The van der Waals surface area contributed by atoms with E-state index in [1.165, 1.54) is 22.7 Å². The van der Waals surface area contributed by atoms with E-state index in [0.717, 1.165) is 23.5 Å². The molecule has 1 aliphatic rings. The Labute approximate surface area is 203 Å². The lowest BCUT2D eigenvalue weighted by Crippen LogP contribution is -2.43. The van der Waals surface area contributed by atoms with Crippen LogP contribution in [0.4, 0.5) is 15.8 Å². The fourth-order valence-electron chi connectivity index (χ4n) is 3.71. The summed E-state index contributed by atoms with van der Waals surface area (Å²) in [5, 5.41) is 2.92. The second-order valence-electron chi connectivity index (χ2n) is 7.95. The Kier molecular flexibility index (Phi) is 7.65. The lowest BCUT2D eigenvalue weighted by atomic mass is 10.2. The smallest absolute Gasteiger partial charge is 0.265 e. The summed E-state index contributed by atoms with van der Waals surface area (Å²) in [6, 6.07) is 23.8. The maximum atomic E-state index is 14.2. The molecule has 7 heteroatoms. The summed E-state index contributed by atoms with van der Waals surface area (Å²) in [5.41, 5.74) is 2.14. The SMILES string of the molecule is CN(CCCNC(=O)CN1C(=O)C(=Cc2ccccc2F)Sc2ccccc21)c1ccccc1. The Morgan fingerprint density at radius 1 is 1.03 bits per heavy atom. The third-order valence-electron chi connectivity index (χ3n) is 5.51. The second kappa shape index (κ2) is 11.0. The van der Waals surface area contributed by atoms with Crippen molar-refractivity contribution in [1.29, 1.82) is 0 Å². The van der Waals surface area contributed by atoms with E-state index in [-0.39, 0.29) is 18.4 Å². The number of para-hydroxylation sites is 2. The van der Waals surface area contributed by atoms with Crippen molar-refractivity contribution in [2.24, 2.45) is 0 Å². The van der Waals surface area contributed by atoms with E-state index in [2.05, 4.69) is 10.2 Å². The van der Waals surface area contributed by atoms with Crippen LogP contribution in [0, 0.1) is 5.82 Å². The topological polar surface area (TPSA) is 52.7 Å². The summed E-state index contributed by atoms with van der Waals surface area (Å²) in [5.74, 6) is -0.944. The molecule has 1 heterocycles. The molecule has 3 aromatic carbocycles. The number of nitrogens with zero attached hydrogens (tertiary/aromatic N) is 2. The number of nitrogens with one attached hydrogen (secondary N) is 1. The summed E-state index contributed by atoms with van der Waals surface area (Å²) >= 11 is 1.29. The molecule has 0 aromatic heterocycles. The van der Waals surface area contributed by atoms with Crippen molar-refractivity contribution in [1.82, 2.24) is 5.32 Å². The Hall–Kier alpha value is -3.58. The molecule has 0 spiro atoms. The first-order valence-corrected chi connectivity index (χ1v) is 11.9. The van der Waals surface area contributed by atoms with Gasteiger partial charge in [-0.1, -0.05) is 60.3 Å². The molecule has 0 aliphatic carbocycles. The Morgan fingerprint density at radius 2 is 1.74 bits per heavy atom. The summed E-state index contributed by atoms with van der Waals surface area (Å²) in [4.78, 5) is 30.8. The van der Waals surface area contributed by atoms with Gasteiger partial charge in [-0.05, 0) is 42.8 Å². The van der Waals surface area contributed by atoms with E-state index in [4.69, 9.17) is 0 Å². The predicted octanol–water partition coefficient (Wildman–Crippen LogP) is 4.95. The van der Waals surface area contributed by atoms with Crippen LogP contribution in [-0.2, 0) is 9.59 Å². The van der Waals surface area contributed by atoms with Gasteiger partial charge in [-0.25, -0.2) is 4.39 Å². The van der Waals surface area contributed by atoms with Gasteiger partial charge in [0.2, 0.25) is 5.91 Å². The van der Waals surface area contributed by atoms with Gasteiger partial charge in [-0.3, -0.25) is 14.5 Å². The van der Waals surface area contributed by atoms with Crippen LogP contribution in [0.3, 0.4) is 0 Å². The van der Waals surface area contributed by atoms with Gasteiger partial charge in [-0.2, -0.15) is 0 Å². The molecule has 0 radical (unpaired) electrons. The molecule has 174 valence electrons. The molecule has 4 rings (SSSR count). The van der Waals surface area contributed by atoms with Crippen LogP contribution >= 0.6 is 11.8 Å². The van der Waals surface area contributed by atoms with Crippen LogP contribution in [0.1, 0.15) is 12.0 Å². The highest BCUT2D eigenvalue weighted by atomic mass is 32.2. The zero-order valence-corrected chi connectivity index (χ0v) is 19.7. The van der Waals surface area contributed by atoms with Crippen LogP contribution in [0.5, 0.6) is 0 Å². The molecule has 1 aliphatic heterocycles. The Bertz CT molecular complexity index is 1200. The van der Waals surface area contributed by atoms with Gasteiger partial charge in [0.15, 0.2) is 0 Å². The Balaban J connectivity index is 1.40. The molecule has 0 atom stereocenters. The minimum atomic E-state index is -0.396. The van der Waals surface area contributed by atoms with E-state index >= 15 is 0 Å². The molecule has 0 saturated heterocycles. The molecule has 34 heavy (non-hydrogen) atoms. The van der Waals surface area contributed by atoms with Gasteiger partial charge in [0.25, 0.3) is 5.91 Å². The van der Waals surface area contributed by atoms with Gasteiger partial charge < -0.3 is 10.2 Å². The predicted molar refractivity (Wildman–Crippen MR) is 136 cm³/mol. The largest absolute Gasteiger partial charge is 0.375 e. The van der Waals surface area contributed by atoms with E-state index in [0.29, 0.717) is 22.7 Å². The number of fused-ring (bicyclic) bond motifs is 1. The number of amides is 2. The van der Waals surface area contributed by atoms with Crippen LogP contribution in [-0.4, -0.2) is 38.5 Å². The Morgan fingerprint density at radius 3 is 2.53 bits per heavy atom. The third-order valence-corrected chi connectivity index (χ3v) is 6.59. The van der Waals surface area contributed by atoms with Crippen molar-refractivity contribution in [3.63, 3.8) is 0 Å². The van der Waals surface area contributed by atoms with Gasteiger partial charge in [0.05, 0.1) is 10.6 Å². The number of anilines is 2. The molecule has 0 fully saturated rings. The standard InChI is InChI=1S/C27H26FN3O2S/c1-30(21-11-3-2-4-12-21)17-9-16-29-26(32)19-31-23-14-7-8-15-24(23)34-25(27(31)33)18-20-10-5-6-13-22(20)28/h2-8,10-15,18H,9,16-17,19H2,1H3,(H,29,32). The van der Waals surface area contributed by atoms with Crippen molar-refractivity contribution in [3.05, 3.63) is 95.1 Å². The molecule has 0 saturated carbocycles. The van der Waals surface area contributed by atoms with Crippen molar-refractivity contribution in [3.8, 4) is 0 Å². The lowest BCUT2D eigenvalue weighted by Gasteiger charge is -2.30. The number of carbonyl (C=O) groups excluding carboxylic acids is 2. The molecule has 3 aromatic rings. The molecule has 0 unspecified atom stereocenters. The van der Waals surface area contributed by atoms with Crippen LogP contribution in [0.15, 0.2) is 88.7 Å². The second-order valence-corrected chi connectivity index (χ2v) is 9.04. The van der Waals surface area contributed by atoms with Crippen molar-refractivity contribution in [2.75, 3.05) is 36.5 Å². The fourth-order valence-corrected chi connectivity index (χ4v) is 4.76. The number of hydrogen-bond acceptors (Lipinski definition) is 4. The van der Waals surface area contributed by atoms with E-state index in [1.807, 2.05) is 61.6 Å². The highest BCUT2D eigenvalue weighted by Crippen LogP contribution is 2.42. The first-order chi connectivity index (χ1) is 16.5. The van der Waals surface area contributed by atoms with Gasteiger partial charge in [-0.15, -0.1) is 0 Å². The normalized spacial score (nSPS) is 14.1. The summed E-state index contributed by atoms with van der Waals surface area (Å²) in [6.45, 7) is 1.20. The quantitative estimate of drug-likeness (QED) is 0.370. The molecule has 0 bridgehead atoms. The van der Waals surface area contributed by atoms with Crippen LogP contribution < -0.4 is 15.1 Å². The van der Waals surface area contributed by atoms with Gasteiger partial charge >= 0.3 is 0 Å². The lowest BCUT2D eigenvalue weighted by molar-refractivity contribution is -0.122. The minimum absolute atomic E-state index is 0.0977. The molecular weight excluding hydrogens is 449 g/mol. The number of benzene rings is 3. The van der Waals surface area contributed by atoms with E-state index < -0.39 is 5.82 Å². The van der Waals surface area contributed by atoms with Crippen LogP contribution in [0.25, 0.3) is 6.08 Å². The average Bonchev–Trinajstić information content (AvgIpc) is 2.86. The summed E-state index contributed by atoms with van der Waals surface area (Å²) in [7, 11) is 2.02. The maximum absolute atomic E-state index is 14.2. The number of rotatable bonds is 8. The monoisotopic (exact) mass is 475 g/mol. The van der Waals surface area contributed by atoms with Crippen molar-refractivity contribution >= 4 is 41.0 Å². The first kappa shape index (κ1) is 23.6.